The van der Waals surface area contributed by atoms with Gasteiger partial charge in [-0.05, 0) is 6.42 Å². The van der Waals surface area contributed by atoms with Gasteiger partial charge in [0.2, 0.25) is 5.91 Å². The van der Waals surface area contributed by atoms with Crippen LogP contribution in [0.15, 0.2) is 0 Å². The smallest absolute Gasteiger partial charge is 0.233 e. The van der Waals surface area contributed by atoms with Crippen molar-refractivity contribution in [3.8, 4) is 0 Å². The number of hydrogen-bond acceptors (Lipinski definition) is 2. The standard InChI is InChI=1S/C5H12N2O/c1-3-4-7(6)5(2)8/h3-4,6H2,1-2H3. The third-order valence-corrected chi connectivity index (χ3v) is 0.869. The Bertz CT molecular complexity index is 82.5. The summed E-state index contributed by atoms with van der Waals surface area (Å²) in [6.07, 6.45) is 0.913. The maximum Gasteiger partial charge on any atom is 0.233 e. The van der Waals surface area contributed by atoms with E-state index < -0.39 is 0 Å². The maximum atomic E-state index is 10.3. The molecule has 0 aromatic heterocycles. The van der Waals surface area contributed by atoms with Crippen molar-refractivity contribution < 1.29 is 4.79 Å². The number of amides is 1. The van der Waals surface area contributed by atoms with Gasteiger partial charge in [0.15, 0.2) is 0 Å². The van der Waals surface area contributed by atoms with Crippen LogP contribution >= 0.6 is 0 Å². The zero-order chi connectivity index (χ0) is 6.57. The molecule has 0 bridgehead atoms. The van der Waals surface area contributed by atoms with Gasteiger partial charge < -0.3 is 0 Å². The summed E-state index contributed by atoms with van der Waals surface area (Å²) in [5.74, 6) is 5.13. The molecule has 3 heteroatoms. The fraction of sp³-hybridized carbons (Fsp3) is 0.800. The van der Waals surface area contributed by atoms with Crippen molar-refractivity contribution in [2.75, 3.05) is 6.54 Å². The number of carbonyl (C=O) groups excluding carboxylic acids is 1. The van der Waals surface area contributed by atoms with Crippen molar-refractivity contribution in [1.29, 1.82) is 0 Å². The van der Waals surface area contributed by atoms with E-state index in [2.05, 4.69) is 0 Å². The van der Waals surface area contributed by atoms with Gasteiger partial charge >= 0.3 is 0 Å². The average molecular weight is 116 g/mol. The largest absolute Gasteiger partial charge is 0.281 e. The predicted octanol–water partition coefficient (Wildman–Crippen LogP) is 0.119. The van der Waals surface area contributed by atoms with Crippen LogP contribution in [0.3, 0.4) is 0 Å². The SMILES string of the molecule is CCCN(N)C(C)=O. The van der Waals surface area contributed by atoms with Gasteiger partial charge in [-0.3, -0.25) is 9.80 Å². The van der Waals surface area contributed by atoms with Gasteiger partial charge in [-0.25, -0.2) is 5.84 Å². The van der Waals surface area contributed by atoms with E-state index in [1.807, 2.05) is 6.92 Å². The third kappa shape index (κ3) is 2.58. The molecule has 0 saturated heterocycles. The van der Waals surface area contributed by atoms with E-state index in [0.29, 0.717) is 6.54 Å². The lowest BCUT2D eigenvalue weighted by molar-refractivity contribution is -0.129. The Kier molecular flexibility index (Phi) is 3.19. The van der Waals surface area contributed by atoms with E-state index in [9.17, 15) is 4.79 Å². The number of nitrogens with zero attached hydrogens (tertiary/aromatic N) is 1. The zero-order valence-electron chi connectivity index (χ0n) is 5.35. The topological polar surface area (TPSA) is 46.3 Å². The second kappa shape index (κ2) is 3.43. The second-order valence-corrected chi connectivity index (χ2v) is 1.71. The van der Waals surface area contributed by atoms with Gasteiger partial charge in [-0.1, -0.05) is 6.92 Å². The Hall–Kier alpha value is -0.570. The molecular formula is C5H12N2O. The first-order chi connectivity index (χ1) is 3.68. The fourth-order valence-electron chi connectivity index (χ4n) is 0.398. The third-order valence-electron chi connectivity index (χ3n) is 0.869. The number of hydrogen-bond donors (Lipinski definition) is 1. The molecular weight excluding hydrogens is 104 g/mol. The van der Waals surface area contributed by atoms with Crippen LogP contribution in [0.5, 0.6) is 0 Å². The molecule has 0 atom stereocenters. The molecule has 0 heterocycles. The highest BCUT2D eigenvalue weighted by Gasteiger charge is 1.97. The molecule has 0 aliphatic carbocycles. The van der Waals surface area contributed by atoms with Gasteiger partial charge in [0, 0.05) is 13.5 Å². The summed E-state index contributed by atoms with van der Waals surface area (Å²) in [4.78, 5) is 10.3. The van der Waals surface area contributed by atoms with Crippen molar-refractivity contribution in [2.45, 2.75) is 20.3 Å². The van der Waals surface area contributed by atoms with Crippen molar-refractivity contribution in [1.82, 2.24) is 5.01 Å². The first-order valence-corrected chi connectivity index (χ1v) is 2.71. The maximum absolute atomic E-state index is 10.3. The average Bonchev–Trinajstić information content (AvgIpc) is 1.67. The lowest BCUT2D eigenvalue weighted by Gasteiger charge is -2.11. The highest BCUT2D eigenvalue weighted by atomic mass is 16.2. The van der Waals surface area contributed by atoms with Crippen LogP contribution in [-0.4, -0.2) is 17.5 Å². The van der Waals surface area contributed by atoms with E-state index in [0.717, 1.165) is 6.42 Å². The highest BCUT2D eigenvalue weighted by Crippen LogP contribution is 1.81. The Morgan fingerprint density at radius 3 is 2.38 bits per heavy atom. The van der Waals surface area contributed by atoms with E-state index in [-0.39, 0.29) is 5.91 Å². The molecule has 0 aromatic carbocycles. The van der Waals surface area contributed by atoms with E-state index in [4.69, 9.17) is 5.84 Å². The lowest BCUT2D eigenvalue weighted by Crippen LogP contribution is -2.35. The van der Waals surface area contributed by atoms with Crippen molar-refractivity contribution in [2.24, 2.45) is 5.84 Å². The monoisotopic (exact) mass is 116 g/mol. The van der Waals surface area contributed by atoms with Crippen molar-refractivity contribution in [3.63, 3.8) is 0 Å². The van der Waals surface area contributed by atoms with Crippen LogP contribution in [-0.2, 0) is 4.79 Å². The van der Waals surface area contributed by atoms with Crippen LogP contribution in [0.2, 0.25) is 0 Å². The number of nitrogens with two attached hydrogens (primary N) is 1. The van der Waals surface area contributed by atoms with Crippen LogP contribution < -0.4 is 5.84 Å². The summed E-state index contributed by atoms with van der Waals surface area (Å²) in [6, 6.07) is 0. The Labute approximate surface area is 49.4 Å². The first kappa shape index (κ1) is 7.43. The summed E-state index contributed by atoms with van der Waals surface area (Å²) in [5.41, 5.74) is 0. The number of rotatable bonds is 2. The fourth-order valence-corrected chi connectivity index (χ4v) is 0.398. The molecule has 0 rings (SSSR count). The summed E-state index contributed by atoms with van der Waals surface area (Å²) in [7, 11) is 0. The minimum absolute atomic E-state index is 0.0770. The van der Waals surface area contributed by atoms with Gasteiger partial charge in [0.05, 0.1) is 0 Å². The highest BCUT2D eigenvalue weighted by molar-refractivity contribution is 5.72. The molecule has 1 amide bonds. The quantitative estimate of drug-likeness (QED) is 0.316. The number of carbonyl (C=O) groups is 1. The summed E-state index contributed by atoms with van der Waals surface area (Å²) >= 11 is 0. The molecule has 0 saturated carbocycles. The Morgan fingerprint density at radius 1 is 1.75 bits per heavy atom. The van der Waals surface area contributed by atoms with Crippen molar-refractivity contribution >= 4 is 5.91 Å². The number of hydrazine groups is 1. The molecule has 0 spiro atoms. The minimum Gasteiger partial charge on any atom is -0.281 e. The van der Waals surface area contributed by atoms with Gasteiger partial charge in [0.25, 0.3) is 0 Å². The van der Waals surface area contributed by atoms with Crippen LogP contribution in [0, 0.1) is 0 Å². The van der Waals surface area contributed by atoms with Gasteiger partial charge in [0.1, 0.15) is 0 Å². The molecule has 0 unspecified atom stereocenters. The second-order valence-electron chi connectivity index (χ2n) is 1.71. The van der Waals surface area contributed by atoms with E-state index in [1.165, 1.54) is 11.9 Å². The summed E-state index contributed by atoms with van der Waals surface area (Å²) in [5, 5.41) is 1.21. The van der Waals surface area contributed by atoms with Crippen LogP contribution in [0.4, 0.5) is 0 Å². The molecule has 0 aromatic rings. The van der Waals surface area contributed by atoms with Gasteiger partial charge in [-0.15, -0.1) is 0 Å². The lowest BCUT2D eigenvalue weighted by atomic mass is 10.4. The normalized spacial score (nSPS) is 8.88. The molecule has 0 aliphatic rings. The van der Waals surface area contributed by atoms with E-state index >= 15 is 0 Å². The van der Waals surface area contributed by atoms with Crippen molar-refractivity contribution in [3.05, 3.63) is 0 Å². The minimum atomic E-state index is -0.0770. The molecule has 2 N–H and O–H groups in total. The van der Waals surface area contributed by atoms with Gasteiger partial charge in [-0.2, -0.15) is 0 Å². The van der Waals surface area contributed by atoms with Crippen LogP contribution in [0.1, 0.15) is 20.3 Å². The summed E-state index contributed by atoms with van der Waals surface area (Å²) in [6.45, 7) is 4.08. The molecule has 0 radical (unpaired) electrons. The first-order valence-electron chi connectivity index (χ1n) is 2.71. The molecule has 48 valence electrons. The molecule has 0 aliphatic heterocycles. The molecule has 8 heavy (non-hydrogen) atoms. The summed E-state index contributed by atoms with van der Waals surface area (Å²) < 4.78 is 0. The zero-order valence-corrected chi connectivity index (χ0v) is 5.35. The van der Waals surface area contributed by atoms with E-state index in [1.54, 1.807) is 0 Å². The predicted molar refractivity (Wildman–Crippen MR) is 31.9 cm³/mol. The Morgan fingerprint density at radius 2 is 2.25 bits per heavy atom. The Balaban J connectivity index is 3.32. The molecule has 3 nitrogen and oxygen atoms in total. The van der Waals surface area contributed by atoms with Crippen LogP contribution in [0.25, 0.3) is 0 Å². The molecule has 0 fully saturated rings.